The number of nitrogens with two attached hydrogens (primary N) is 1. The molecule has 0 aromatic rings. The molecular formula is C14H25NO. The molecule has 0 bridgehead atoms. The minimum absolute atomic E-state index is 0.0132. The lowest BCUT2D eigenvalue weighted by Crippen LogP contribution is -2.51. The normalized spacial score (nSPS) is 27.4. The van der Waals surface area contributed by atoms with E-state index in [0.717, 1.165) is 12.0 Å². The van der Waals surface area contributed by atoms with Crippen molar-refractivity contribution in [1.82, 2.24) is 0 Å². The maximum atomic E-state index is 9.94. The maximum Gasteiger partial charge on any atom is 0.115 e. The van der Waals surface area contributed by atoms with Gasteiger partial charge in [0.15, 0.2) is 0 Å². The van der Waals surface area contributed by atoms with Crippen molar-refractivity contribution in [2.24, 2.45) is 16.6 Å². The lowest BCUT2D eigenvalue weighted by atomic mass is 9.65. The summed E-state index contributed by atoms with van der Waals surface area (Å²) in [4.78, 5) is 0. The monoisotopic (exact) mass is 223 g/mol. The summed E-state index contributed by atoms with van der Waals surface area (Å²) in [6, 6.07) is 0. The van der Waals surface area contributed by atoms with E-state index >= 15 is 0 Å². The second-order valence-corrected chi connectivity index (χ2v) is 6.91. The van der Waals surface area contributed by atoms with E-state index in [1.54, 1.807) is 6.08 Å². The Kier molecular flexibility index (Phi) is 3.01. The average Bonchev–Trinajstić information content (AvgIpc) is 2.05. The third kappa shape index (κ3) is 2.32. The fourth-order valence-electron chi connectivity index (χ4n) is 1.93. The first-order valence-corrected chi connectivity index (χ1v) is 5.88. The molecule has 1 atom stereocenters. The zero-order valence-electron chi connectivity index (χ0n) is 11.4. The summed E-state index contributed by atoms with van der Waals surface area (Å²) in [5.41, 5.74) is 7.08. The van der Waals surface area contributed by atoms with Gasteiger partial charge in [0, 0.05) is 5.54 Å². The number of hydrogen-bond donors (Lipinski definition) is 2. The van der Waals surface area contributed by atoms with Gasteiger partial charge < -0.3 is 10.8 Å². The highest BCUT2D eigenvalue weighted by molar-refractivity contribution is 5.35. The molecule has 0 saturated carbocycles. The predicted octanol–water partition coefficient (Wildman–Crippen LogP) is 3.55. The van der Waals surface area contributed by atoms with Gasteiger partial charge in [-0.1, -0.05) is 47.6 Å². The number of allylic oxidation sites excluding steroid dienone is 1. The van der Waals surface area contributed by atoms with Crippen molar-refractivity contribution in [3.63, 3.8) is 0 Å². The topological polar surface area (TPSA) is 46.2 Å². The zero-order chi connectivity index (χ0) is 12.8. The van der Waals surface area contributed by atoms with Crippen LogP contribution >= 0.6 is 0 Å². The standard InChI is InChI=1S/C14H25NO/c1-12(2,3)10-9-14(15,13(4,5)6)8-7-11(10)16/h7-8,16H,9,15H2,1-6H3. The van der Waals surface area contributed by atoms with Gasteiger partial charge in [0.2, 0.25) is 0 Å². The summed E-state index contributed by atoms with van der Waals surface area (Å²) in [5, 5.41) is 9.94. The summed E-state index contributed by atoms with van der Waals surface area (Å²) in [6.45, 7) is 12.8. The molecule has 2 heteroatoms. The Morgan fingerprint density at radius 3 is 2.06 bits per heavy atom. The molecule has 0 saturated heterocycles. The molecule has 0 amide bonds. The van der Waals surface area contributed by atoms with Crippen LogP contribution in [0.25, 0.3) is 0 Å². The van der Waals surface area contributed by atoms with E-state index < -0.39 is 0 Å². The van der Waals surface area contributed by atoms with Gasteiger partial charge in [-0.25, -0.2) is 0 Å². The van der Waals surface area contributed by atoms with Gasteiger partial charge in [-0.3, -0.25) is 0 Å². The molecule has 1 aliphatic carbocycles. The van der Waals surface area contributed by atoms with E-state index in [4.69, 9.17) is 5.73 Å². The van der Waals surface area contributed by atoms with Gasteiger partial charge in [-0.15, -0.1) is 0 Å². The Labute approximate surface area is 99.2 Å². The first-order valence-electron chi connectivity index (χ1n) is 5.88. The number of aliphatic hydroxyl groups excluding tert-OH is 1. The lowest BCUT2D eigenvalue weighted by molar-refractivity contribution is 0.218. The van der Waals surface area contributed by atoms with Crippen molar-refractivity contribution < 1.29 is 5.11 Å². The largest absolute Gasteiger partial charge is 0.508 e. The van der Waals surface area contributed by atoms with Crippen LogP contribution in [0, 0.1) is 10.8 Å². The van der Waals surface area contributed by atoms with Crippen molar-refractivity contribution >= 4 is 0 Å². The Hall–Kier alpha value is -0.760. The molecule has 0 radical (unpaired) electrons. The van der Waals surface area contributed by atoms with Crippen LogP contribution in [-0.4, -0.2) is 10.6 Å². The molecule has 0 fully saturated rings. The number of aliphatic hydroxyl groups is 1. The third-order valence-electron chi connectivity index (χ3n) is 3.62. The van der Waals surface area contributed by atoms with E-state index in [-0.39, 0.29) is 16.4 Å². The Morgan fingerprint density at radius 1 is 1.19 bits per heavy atom. The molecule has 0 aliphatic heterocycles. The van der Waals surface area contributed by atoms with E-state index in [1.165, 1.54) is 0 Å². The smallest absolute Gasteiger partial charge is 0.115 e. The molecule has 0 heterocycles. The SMILES string of the molecule is CC(C)(C)C1=C(O)C=CC(N)(C(C)(C)C)C1. The van der Waals surface area contributed by atoms with Crippen molar-refractivity contribution in [2.75, 3.05) is 0 Å². The molecule has 0 spiro atoms. The van der Waals surface area contributed by atoms with Crippen molar-refractivity contribution in [3.8, 4) is 0 Å². The van der Waals surface area contributed by atoms with Crippen molar-refractivity contribution in [1.29, 1.82) is 0 Å². The van der Waals surface area contributed by atoms with Gasteiger partial charge >= 0.3 is 0 Å². The molecule has 3 N–H and O–H groups in total. The minimum Gasteiger partial charge on any atom is -0.508 e. The third-order valence-corrected chi connectivity index (χ3v) is 3.62. The Bertz CT molecular complexity index is 339. The van der Waals surface area contributed by atoms with Crippen LogP contribution in [0.15, 0.2) is 23.5 Å². The molecule has 16 heavy (non-hydrogen) atoms. The second kappa shape index (κ2) is 3.63. The van der Waals surface area contributed by atoms with Gasteiger partial charge in [-0.2, -0.15) is 0 Å². The van der Waals surface area contributed by atoms with Gasteiger partial charge in [0.05, 0.1) is 0 Å². The van der Waals surface area contributed by atoms with Crippen LogP contribution < -0.4 is 5.73 Å². The molecule has 1 rings (SSSR count). The predicted molar refractivity (Wildman–Crippen MR) is 69.2 cm³/mol. The zero-order valence-corrected chi connectivity index (χ0v) is 11.4. The number of hydrogen-bond acceptors (Lipinski definition) is 2. The van der Waals surface area contributed by atoms with E-state index in [2.05, 4.69) is 41.5 Å². The summed E-state index contributed by atoms with van der Waals surface area (Å²) in [5.74, 6) is 0.387. The minimum atomic E-state index is -0.373. The maximum absolute atomic E-state index is 9.94. The highest BCUT2D eigenvalue weighted by Crippen LogP contribution is 2.43. The second-order valence-electron chi connectivity index (χ2n) is 6.91. The summed E-state index contributed by atoms with van der Waals surface area (Å²) in [6.07, 6.45) is 4.43. The Balaban J connectivity index is 3.13. The van der Waals surface area contributed by atoms with Crippen LogP contribution in [0.3, 0.4) is 0 Å². The van der Waals surface area contributed by atoms with Crippen LogP contribution in [0.2, 0.25) is 0 Å². The van der Waals surface area contributed by atoms with Crippen molar-refractivity contribution in [3.05, 3.63) is 23.5 Å². The van der Waals surface area contributed by atoms with Gasteiger partial charge in [0.25, 0.3) is 0 Å². The molecule has 92 valence electrons. The molecule has 1 unspecified atom stereocenters. The molecular weight excluding hydrogens is 198 g/mol. The molecule has 0 aromatic carbocycles. The first-order chi connectivity index (χ1) is 6.97. The Morgan fingerprint density at radius 2 is 1.69 bits per heavy atom. The van der Waals surface area contributed by atoms with Crippen LogP contribution in [-0.2, 0) is 0 Å². The van der Waals surface area contributed by atoms with Gasteiger partial charge in [-0.05, 0) is 28.9 Å². The van der Waals surface area contributed by atoms with Crippen LogP contribution in [0.4, 0.5) is 0 Å². The fourth-order valence-corrected chi connectivity index (χ4v) is 1.93. The highest BCUT2D eigenvalue weighted by atomic mass is 16.3. The molecule has 2 nitrogen and oxygen atoms in total. The highest BCUT2D eigenvalue weighted by Gasteiger charge is 2.41. The quantitative estimate of drug-likeness (QED) is 0.659. The fraction of sp³-hybridized carbons (Fsp3) is 0.714. The molecule has 1 aliphatic rings. The summed E-state index contributed by atoms with van der Waals surface area (Å²) >= 11 is 0. The van der Waals surface area contributed by atoms with E-state index in [1.807, 2.05) is 6.08 Å². The van der Waals surface area contributed by atoms with E-state index in [9.17, 15) is 5.11 Å². The summed E-state index contributed by atoms with van der Waals surface area (Å²) in [7, 11) is 0. The average molecular weight is 223 g/mol. The van der Waals surface area contributed by atoms with Crippen LogP contribution in [0.1, 0.15) is 48.0 Å². The lowest BCUT2D eigenvalue weighted by Gasteiger charge is -2.44. The van der Waals surface area contributed by atoms with E-state index in [0.29, 0.717) is 5.76 Å². The van der Waals surface area contributed by atoms with Crippen molar-refractivity contribution in [2.45, 2.75) is 53.5 Å². The van der Waals surface area contributed by atoms with Crippen LogP contribution in [0.5, 0.6) is 0 Å². The number of rotatable bonds is 0. The first kappa shape index (κ1) is 13.3. The summed E-state index contributed by atoms with van der Waals surface area (Å²) < 4.78 is 0. The van der Waals surface area contributed by atoms with Gasteiger partial charge in [0.1, 0.15) is 5.76 Å². The molecule has 0 aromatic heterocycles.